The molecule has 0 radical (unpaired) electrons. The Morgan fingerprint density at radius 1 is 1.06 bits per heavy atom. The Balaban J connectivity index is 1.35. The van der Waals surface area contributed by atoms with E-state index < -0.39 is 0 Å². The third-order valence-corrected chi connectivity index (χ3v) is 9.09. The van der Waals surface area contributed by atoms with Crippen LogP contribution in [-0.4, -0.2) is 31.0 Å². The molecule has 4 aromatic heterocycles. The molecule has 0 saturated heterocycles. The standard InChI is InChI=1S/C25H24ClFN6S/c26-19-11-29-25-21(31-19)15(10-28-25)23-32-22(18-8-7-17(34-18)14-5-6-14)20(27)24(33-23)30-16-9-12-1-3-13(16)4-2-12/h7-8,10-14,16H,1-6,9H2,(H,28,29)(H,30,32,33). The van der Waals surface area contributed by atoms with Crippen molar-refractivity contribution >= 4 is 39.9 Å². The molecule has 174 valence electrons. The predicted molar refractivity (Wildman–Crippen MR) is 133 cm³/mol. The van der Waals surface area contributed by atoms with Gasteiger partial charge in [0.05, 0.1) is 16.6 Å². The van der Waals surface area contributed by atoms with Crippen molar-refractivity contribution in [1.29, 1.82) is 0 Å². The van der Waals surface area contributed by atoms with E-state index in [9.17, 15) is 0 Å². The molecule has 0 amide bonds. The number of H-pyrrole nitrogens is 1. The Morgan fingerprint density at radius 2 is 1.91 bits per heavy atom. The molecule has 0 spiro atoms. The summed E-state index contributed by atoms with van der Waals surface area (Å²) in [6.45, 7) is 0. The monoisotopic (exact) mass is 494 g/mol. The van der Waals surface area contributed by atoms with Crippen LogP contribution in [0, 0.1) is 17.7 Å². The first kappa shape index (κ1) is 20.8. The van der Waals surface area contributed by atoms with Gasteiger partial charge in [-0.25, -0.2) is 24.3 Å². The summed E-state index contributed by atoms with van der Waals surface area (Å²) in [4.78, 5) is 23.4. The molecular formula is C25H24ClFN6S. The summed E-state index contributed by atoms with van der Waals surface area (Å²) in [5, 5.41) is 3.79. The van der Waals surface area contributed by atoms with Crippen LogP contribution in [0.4, 0.5) is 10.2 Å². The van der Waals surface area contributed by atoms with Crippen molar-refractivity contribution in [2.45, 2.75) is 56.9 Å². The molecular weight excluding hydrogens is 471 g/mol. The maximum Gasteiger partial charge on any atom is 0.192 e. The molecule has 6 nitrogen and oxygen atoms in total. The van der Waals surface area contributed by atoms with Crippen LogP contribution in [0.15, 0.2) is 24.5 Å². The van der Waals surface area contributed by atoms with Crippen molar-refractivity contribution in [3.05, 3.63) is 40.4 Å². The van der Waals surface area contributed by atoms with E-state index in [1.165, 1.54) is 49.6 Å². The molecule has 4 saturated carbocycles. The normalized spacial score (nSPS) is 24.1. The highest BCUT2D eigenvalue weighted by Gasteiger charge is 2.36. The first-order valence-electron chi connectivity index (χ1n) is 12.1. The number of nitrogens with one attached hydrogen (secondary N) is 2. The van der Waals surface area contributed by atoms with Gasteiger partial charge in [0, 0.05) is 17.1 Å². The van der Waals surface area contributed by atoms with Crippen LogP contribution in [-0.2, 0) is 0 Å². The molecule has 4 fully saturated rings. The van der Waals surface area contributed by atoms with Gasteiger partial charge in [-0.15, -0.1) is 11.3 Å². The minimum Gasteiger partial charge on any atom is -0.364 e. The number of fused-ring (bicyclic) bond motifs is 4. The number of anilines is 1. The molecule has 4 heterocycles. The highest BCUT2D eigenvalue weighted by atomic mass is 35.5. The molecule has 1 unspecified atom stereocenters. The fourth-order valence-electron chi connectivity index (χ4n) is 5.66. The van der Waals surface area contributed by atoms with E-state index in [4.69, 9.17) is 16.6 Å². The predicted octanol–water partition coefficient (Wildman–Crippen LogP) is 6.80. The number of halogens is 2. The maximum atomic E-state index is 15.9. The summed E-state index contributed by atoms with van der Waals surface area (Å²) < 4.78 is 15.9. The van der Waals surface area contributed by atoms with Crippen LogP contribution in [0.25, 0.3) is 33.1 Å². The van der Waals surface area contributed by atoms with Gasteiger partial charge in [0.2, 0.25) is 0 Å². The molecule has 2 N–H and O–H groups in total. The molecule has 0 aliphatic heterocycles. The van der Waals surface area contributed by atoms with Crippen LogP contribution in [0.3, 0.4) is 0 Å². The molecule has 8 rings (SSSR count). The van der Waals surface area contributed by atoms with Gasteiger partial charge in [-0.1, -0.05) is 24.4 Å². The van der Waals surface area contributed by atoms with Gasteiger partial charge < -0.3 is 10.3 Å². The Morgan fingerprint density at radius 3 is 2.68 bits per heavy atom. The molecule has 9 heteroatoms. The fourth-order valence-corrected chi connectivity index (χ4v) is 6.96. The smallest absolute Gasteiger partial charge is 0.192 e. The zero-order valence-electron chi connectivity index (χ0n) is 18.5. The summed E-state index contributed by atoms with van der Waals surface area (Å²) in [7, 11) is 0. The van der Waals surface area contributed by atoms with Gasteiger partial charge in [0.15, 0.2) is 23.1 Å². The zero-order chi connectivity index (χ0) is 22.8. The first-order chi connectivity index (χ1) is 16.6. The minimum atomic E-state index is -0.377. The summed E-state index contributed by atoms with van der Waals surface area (Å²) in [5.74, 6) is 2.25. The second-order valence-corrected chi connectivity index (χ2v) is 11.4. The van der Waals surface area contributed by atoms with Crippen molar-refractivity contribution in [2.24, 2.45) is 11.8 Å². The maximum absolute atomic E-state index is 15.9. The van der Waals surface area contributed by atoms with Crippen LogP contribution in [0.2, 0.25) is 5.15 Å². The summed E-state index contributed by atoms with van der Waals surface area (Å²) in [5.41, 5.74) is 2.19. The molecule has 4 aliphatic rings. The van der Waals surface area contributed by atoms with E-state index >= 15 is 4.39 Å². The van der Waals surface area contributed by atoms with Crippen LogP contribution < -0.4 is 5.32 Å². The fraction of sp³-hybridized carbons (Fsp3) is 0.440. The summed E-state index contributed by atoms with van der Waals surface area (Å²) in [6.07, 6.45) is 11.8. The SMILES string of the molecule is Fc1c(NC2CC3CCC2CC3)nc(-c2c[nH]c3ncc(Cl)nc23)nc1-c1ccc(C2CC2)s1. The number of thiophene rings is 1. The lowest BCUT2D eigenvalue weighted by atomic mass is 9.68. The number of aromatic amines is 1. The molecule has 34 heavy (non-hydrogen) atoms. The van der Waals surface area contributed by atoms with Gasteiger partial charge >= 0.3 is 0 Å². The van der Waals surface area contributed by atoms with Crippen molar-refractivity contribution in [3.8, 4) is 22.0 Å². The lowest BCUT2D eigenvalue weighted by molar-refractivity contribution is 0.157. The highest BCUT2D eigenvalue weighted by molar-refractivity contribution is 7.15. The van der Waals surface area contributed by atoms with Crippen molar-refractivity contribution in [3.63, 3.8) is 0 Å². The van der Waals surface area contributed by atoms with Gasteiger partial charge in [-0.2, -0.15) is 0 Å². The minimum absolute atomic E-state index is 0.250. The lowest BCUT2D eigenvalue weighted by Gasteiger charge is -2.42. The molecule has 0 aromatic carbocycles. The second kappa shape index (κ2) is 7.99. The Labute approximate surface area is 205 Å². The van der Waals surface area contributed by atoms with Gasteiger partial charge in [-0.3, -0.25) is 0 Å². The Kier molecular flexibility index (Phi) is 4.88. The van der Waals surface area contributed by atoms with Crippen molar-refractivity contribution in [2.75, 3.05) is 5.32 Å². The highest BCUT2D eigenvalue weighted by Crippen LogP contribution is 2.46. The molecule has 4 aliphatic carbocycles. The largest absolute Gasteiger partial charge is 0.364 e. The number of nitrogens with zero attached hydrogens (tertiary/aromatic N) is 4. The average molecular weight is 495 g/mol. The van der Waals surface area contributed by atoms with Crippen LogP contribution in [0.5, 0.6) is 0 Å². The van der Waals surface area contributed by atoms with E-state index in [0.717, 1.165) is 17.2 Å². The Hall–Kier alpha value is -2.58. The summed E-state index contributed by atoms with van der Waals surface area (Å²) >= 11 is 7.76. The Bertz CT molecular complexity index is 1390. The van der Waals surface area contributed by atoms with E-state index in [-0.39, 0.29) is 17.7 Å². The first-order valence-corrected chi connectivity index (χ1v) is 13.3. The topological polar surface area (TPSA) is 79.4 Å². The third kappa shape index (κ3) is 3.58. The van der Waals surface area contributed by atoms with Gasteiger partial charge in [-0.05, 0) is 62.0 Å². The van der Waals surface area contributed by atoms with E-state index in [1.54, 1.807) is 17.5 Å². The molecule has 4 aromatic rings. The molecule has 1 atom stereocenters. The number of hydrogen-bond acceptors (Lipinski definition) is 6. The average Bonchev–Trinajstić information content (AvgIpc) is 3.44. The van der Waals surface area contributed by atoms with E-state index in [2.05, 4.69) is 31.3 Å². The number of rotatable bonds is 5. The quantitative estimate of drug-likeness (QED) is 0.319. The van der Waals surface area contributed by atoms with E-state index in [0.29, 0.717) is 45.2 Å². The summed E-state index contributed by atoms with van der Waals surface area (Å²) in [6, 6.07) is 4.36. The third-order valence-electron chi connectivity index (χ3n) is 7.65. The molecule has 2 bridgehead atoms. The van der Waals surface area contributed by atoms with E-state index in [1.807, 2.05) is 6.07 Å². The second-order valence-electron chi connectivity index (χ2n) is 9.89. The van der Waals surface area contributed by atoms with Gasteiger partial charge in [0.25, 0.3) is 0 Å². The lowest BCUT2D eigenvalue weighted by Crippen LogP contribution is -2.40. The zero-order valence-corrected chi connectivity index (χ0v) is 20.1. The number of hydrogen-bond donors (Lipinski definition) is 2. The van der Waals surface area contributed by atoms with Gasteiger partial charge in [0.1, 0.15) is 16.4 Å². The van der Waals surface area contributed by atoms with Crippen LogP contribution >= 0.6 is 22.9 Å². The van der Waals surface area contributed by atoms with Crippen LogP contribution in [0.1, 0.15) is 55.7 Å². The van der Waals surface area contributed by atoms with Crippen molar-refractivity contribution < 1.29 is 4.39 Å². The number of aromatic nitrogens is 5. The van der Waals surface area contributed by atoms with Crippen molar-refractivity contribution in [1.82, 2.24) is 24.9 Å².